The number of aromatic nitrogens is 2. The number of nitrogen functional groups attached to an aromatic ring is 1. The normalized spacial score (nSPS) is 14.9. The molecule has 0 radical (unpaired) electrons. The van der Waals surface area contributed by atoms with E-state index >= 15 is 0 Å². The Bertz CT molecular complexity index is 785. The smallest absolute Gasteiger partial charge is 0.332 e. The third-order valence-electron chi connectivity index (χ3n) is 4.44. The maximum atomic E-state index is 12.4. The summed E-state index contributed by atoms with van der Waals surface area (Å²) in [5.74, 6) is -1.37. The van der Waals surface area contributed by atoms with Crippen LogP contribution in [0.4, 0.5) is 5.82 Å². The number of ether oxygens (including phenoxy) is 1. The highest BCUT2D eigenvalue weighted by molar-refractivity contribution is 6.01. The summed E-state index contributed by atoms with van der Waals surface area (Å²) in [5, 5.41) is 0. The fourth-order valence-corrected chi connectivity index (χ4v) is 3.08. The zero-order valence-corrected chi connectivity index (χ0v) is 14.9. The molecule has 1 fully saturated rings. The molecule has 1 aromatic rings. The first-order valence-electron chi connectivity index (χ1n) is 8.53. The van der Waals surface area contributed by atoms with E-state index in [0.717, 1.165) is 30.3 Å². The molecule has 0 unspecified atom stereocenters. The van der Waals surface area contributed by atoms with Crippen LogP contribution in [0, 0.1) is 11.8 Å². The van der Waals surface area contributed by atoms with Gasteiger partial charge < -0.3 is 10.5 Å². The summed E-state index contributed by atoms with van der Waals surface area (Å²) < 4.78 is 7.12. The van der Waals surface area contributed by atoms with Crippen LogP contribution in [0.1, 0.15) is 49.9 Å². The van der Waals surface area contributed by atoms with Gasteiger partial charge in [0.1, 0.15) is 11.4 Å². The summed E-state index contributed by atoms with van der Waals surface area (Å²) in [7, 11) is 1.29. The molecule has 0 aliphatic heterocycles. The Morgan fingerprint density at radius 2 is 1.84 bits per heavy atom. The predicted molar refractivity (Wildman–Crippen MR) is 92.4 cm³/mol. The van der Waals surface area contributed by atoms with Gasteiger partial charge in [0.15, 0.2) is 6.61 Å². The topological polar surface area (TPSA) is 113 Å². The second-order valence-electron chi connectivity index (χ2n) is 6.92. The second-order valence-corrected chi connectivity index (χ2v) is 6.92. The lowest BCUT2D eigenvalue weighted by atomic mass is 10.1. The number of Topliss-reactive ketones (excluding diaryl/α,β-unsaturated/α-hetero) is 1. The second kappa shape index (κ2) is 7.67. The third-order valence-corrected chi connectivity index (χ3v) is 4.44. The minimum Gasteiger partial charge on any atom is -0.457 e. The van der Waals surface area contributed by atoms with Crippen molar-refractivity contribution in [2.24, 2.45) is 18.9 Å². The lowest BCUT2D eigenvalue weighted by Gasteiger charge is -2.16. The minimum absolute atomic E-state index is 0.0978. The average molecular weight is 351 g/mol. The molecular formula is C17H25N3O5. The van der Waals surface area contributed by atoms with Crippen LogP contribution in [0.25, 0.3) is 0 Å². The third kappa shape index (κ3) is 4.00. The van der Waals surface area contributed by atoms with Gasteiger partial charge in [0.2, 0.25) is 5.78 Å². The first-order valence-corrected chi connectivity index (χ1v) is 8.53. The van der Waals surface area contributed by atoms with Gasteiger partial charge in [-0.15, -0.1) is 0 Å². The molecule has 8 nitrogen and oxygen atoms in total. The summed E-state index contributed by atoms with van der Waals surface area (Å²) in [6, 6.07) is 0. The van der Waals surface area contributed by atoms with Crippen molar-refractivity contribution < 1.29 is 14.3 Å². The number of nitrogens with two attached hydrogens (primary N) is 1. The van der Waals surface area contributed by atoms with Crippen molar-refractivity contribution >= 4 is 17.6 Å². The van der Waals surface area contributed by atoms with E-state index in [0.29, 0.717) is 0 Å². The fraction of sp³-hybridized carbons (Fsp3) is 0.647. The van der Waals surface area contributed by atoms with Gasteiger partial charge in [-0.2, -0.15) is 0 Å². The Hall–Kier alpha value is -2.38. The van der Waals surface area contributed by atoms with Crippen molar-refractivity contribution in [3.63, 3.8) is 0 Å². The molecule has 1 aliphatic carbocycles. The Morgan fingerprint density at radius 3 is 2.40 bits per heavy atom. The zero-order valence-electron chi connectivity index (χ0n) is 14.9. The molecule has 138 valence electrons. The molecular weight excluding hydrogens is 326 g/mol. The number of carbonyl (C=O) groups excluding carboxylic acids is 2. The number of hydrogen-bond donors (Lipinski definition) is 1. The van der Waals surface area contributed by atoms with E-state index in [1.54, 1.807) is 0 Å². The Balaban J connectivity index is 2.26. The highest BCUT2D eigenvalue weighted by Gasteiger charge is 2.27. The van der Waals surface area contributed by atoms with Gasteiger partial charge >= 0.3 is 11.7 Å². The molecule has 25 heavy (non-hydrogen) atoms. The van der Waals surface area contributed by atoms with Crippen LogP contribution in [0.15, 0.2) is 9.59 Å². The highest BCUT2D eigenvalue weighted by Crippen LogP contribution is 2.25. The fourth-order valence-electron chi connectivity index (χ4n) is 3.08. The van der Waals surface area contributed by atoms with Crippen molar-refractivity contribution in [3.8, 4) is 0 Å². The molecule has 0 bridgehead atoms. The Kier molecular flexibility index (Phi) is 5.81. The van der Waals surface area contributed by atoms with Crippen LogP contribution >= 0.6 is 0 Å². The van der Waals surface area contributed by atoms with Gasteiger partial charge in [0, 0.05) is 13.6 Å². The van der Waals surface area contributed by atoms with Gasteiger partial charge in [-0.3, -0.25) is 23.5 Å². The van der Waals surface area contributed by atoms with Gasteiger partial charge in [-0.05, 0) is 18.8 Å². The van der Waals surface area contributed by atoms with E-state index in [1.807, 2.05) is 13.8 Å². The van der Waals surface area contributed by atoms with E-state index in [9.17, 15) is 19.2 Å². The number of anilines is 1. The quantitative estimate of drug-likeness (QED) is 0.596. The molecule has 0 aromatic carbocycles. The zero-order chi connectivity index (χ0) is 18.7. The minimum atomic E-state index is -0.774. The summed E-state index contributed by atoms with van der Waals surface area (Å²) in [4.78, 5) is 48.9. The van der Waals surface area contributed by atoms with Gasteiger partial charge in [-0.1, -0.05) is 26.7 Å². The van der Waals surface area contributed by atoms with E-state index in [4.69, 9.17) is 10.5 Å². The standard InChI is InChI=1S/C17H25N3O5/c1-10(2)8-20-14(18)13(15(22)19(3)17(20)24)12(21)9-25-16(23)11-6-4-5-7-11/h10-11H,4-9,18H2,1-3H3. The molecule has 1 aromatic heterocycles. The summed E-state index contributed by atoms with van der Waals surface area (Å²) in [6.07, 6.45) is 3.47. The van der Waals surface area contributed by atoms with Crippen LogP contribution in [0.2, 0.25) is 0 Å². The molecule has 2 N–H and O–H groups in total. The number of ketones is 1. The average Bonchev–Trinajstić information content (AvgIpc) is 3.09. The van der Waals surface area contributed by atoms with E-state index in [-0.39, 0.29) is 29.8 Å². The van der Waals surface area contributed by atoms with Crippen LogP contribution < -0.4 is 17.0 Å². The number of rotatable bonds is 6. The molecule has 0 amide bonds. The Morgan fingerprint density at radius 1 is 1.24 bits per heavy atom. The van der Waals surface area contributed by atoms with Gasteiger partial charge in [0.05, 0.1) is 5.92 Å². The lowest BCUT2D eigenvalue weighted by Crippen LogP contribution is -2.43. The SMILES string of the molecule is CC(C)Cn1c(N)c(C(=O)COC(=O)C2CCCC2)c(=O)n(C)c1=O. The number of esters is 1. The summed E-state index contributed by atoms with van der Waals surface area (Å²) in [5.41, 5.74) is 4.27. The number of nitrogens with zero attached hydrogens (tertiary/aromatic N) is 2. The lowest BCUT2D eigenvalue weighted by molar-refractivity contribution is -0.147. The largest absolute Gasteiger partial charge is 0.457 e. The van der Waals surface area contributed by atoms with Crippen LogP contribution in [-0.4, -0.2) is 27.5 Å². The maximum absolute atomic E-state index is 12.4. The van der Waals surface area contributed by atoms with Crippen molar-refractivity contribution in [1.82, 2.24) is 9.13 Å². The molecule has 8 heteroatoms. The first-order chi connectivity index (χ1) is 11.7. The summed E-state index contributed by atoms with van der Waals surface area (Å²) >= 11 is 0. The van der Waals surface area contributed by atoms with Crippen molar-refractivity contribution in [1.29, 1.82) is 0 Å². The molecule has 0 saturated heterocycles. The molecule has 1 saturated carbocycles. The predicted octanol–water partition coefficient (Wildman–Crippen LogP) is 0.701. The van der Waals surface area contributed by atoms with Crippen LogP contribution in [-0.2, 0) is 23.1 Å². The highest BCUT2D eigenvalue weighted by atomic mass is 16.5. The maximum Gasteiger partial charge on any atom is 0.332 e. The van der Waals surface area contributed by atoms with E-state index in [2.05, 4.69) is 0 Å². The van der Waals surface area contributed by atoms with Crippen molar-refractivity contribution in [3.05, 3.63) is 26.4 Å². The van der Waals surface area contributed by atoms with Crippen LogP contribution in [0.3, 0.4) is 0 Å². The Labute approximate surface area is 145 Å². The van der Waals surface area contributed by atoms with Crippen LogP contribution in [0.5, 0.6) is 0 Å². The molecule has 2 rings (SSSR count). The molecule has 0 spiro atoms. The van der Waals surface area contributed by atoms with Crippen molar-refractivity contribution in [2.75, 3.05) is 12.3 Å². The summed E-state index contributed by atoms with van der Waals surface area (Å²) in [6.45, 7) is 3.51. The monoisotopic (exact) mass is 351 g/mol. The van der Waals surface area contributed by atoms with E-state index in [1.165, 1.54) is 11.6 Å². The molecule has 1 heterocycles. The van der Waals surface area contributed by atoms with Gasteiger partial charge in [0.25, 0.3) is 5.56 Å². The first kappa shape index (κ1) is 19.0. The molecule has 1 aliphatic rings. The number of hydrogen-bond acceptors (Lipinski definition) is 6. The number of carbonyl (C=O) groups is 2. The van der Waals surface area contributed by atoms with Gasteiger partial charge in [-0.25, -0.2) is 4.79 Å². The van der Waals surface area contributed by atoms with Crippen molar-refractivity contribution in [2.45, 2.75) is 46.1 Å². The molecule has 0 atom stereocenters. The van der Waals surface area contributed by atoms with E-state index < -0.39 is 29.6 Å².